The molecular formula is C12H15N3O. The SMILES string of the molecule is Cc1nn2c3c(c(=O)[nH]c2c1C)CCCC3. The van der Waals surface area contributed by atoms with Gasteiger partial charge in [-0.15, -0.1) is 0 Å². The maximum Gasteiger partial charge on any atom is 0.254 e. The van der Waals surface area contributed by atoms with Crippen molar-refractivity contribution >= 4 is 5.65 Å². The molecule has 0 aromatic carbocycles. The van der Waals surface area contributed by atoms with E-state index in [1.807, 2.05) is 18.4 Å². The molecule has 16 heavy (non-hydrogen) atoms. The molecule has 0 atom stereocenters. The third kappa shape index (κ3) is 1.16. The molecule has 1 aliphatic rings. The van der Waals surface area contributed by atoms with Gasteiger partial charge in [0, 0.05) is 11.1 Å². The topological polar surface area (TPSA) is 50.2 Å². The number of nitrogens with zero attached hydrogens (tertiary/aromatic N) is 2. The van der Waals surface area contributed by atoms with E-state index in [-0.39, 0.29) is 5.56 Å². The quantitative estimate of drug-likeness (QED) is 0.727. The second-order valence-electron chi connectivity index (χ2n) is 4.56. The number of hydrogen-bond acceptors (Lipinski definition) is 2. The Hall–Kier alpha value is -1.58. The van der Waals surface area contributed by atoms with Crippen molar-refractivity contribution in [2.24, 2.45) is 0 Å². The minimum atomic E-state index is 0.0743. The highest BCUT2D eigenvalue weighted by Gasteiger charge is 2.18. The van der Waals surface area contributed by atoms with Crippen LogP contribution in [-0.2, 0) is 12.8 Å². The zero-order valence-corrected chi connectivity index (χ0v) is 9.63. The number of aromatic amines is 1. The minimum absolute atomic E-state index is 0.0743. The smallest absolute Gasteiger partial charge is 0.254 e. The first kappa shape index (κ1) is 9.63. The molecular weight excluding hydrogens is 202 g/mol. The van der Waals surface area contributed by atoms with Crippen molar-refractivity contribution in [3.8, 4) is 0 Å². The summed E-state index contributed by atoms with van der Waals surface area (Å²) in [7, 11) is 0. The average molecular weight is 217 g/mol. The van der Waals surface area contributed by atoms with E-state index in [4.69, 9.17) is 0 Å². The van der Waals surface area contributed by atoms with Crippen molar-refractivity contribution in [3.63, 3.8) is 0 Å². The molecule has 2 heterocycles. The Morgan fingerprint density at radius 3 is 2.81 bits per heavy atom. The number of aromatic nitrogens is 3. The fraction of sp³-hybridized carbons (Fsp3) is 0.500. The molecule has 2 aromatic rings. The van der Waals surface area contributed by atoms with E-state index in [1.165, 1.54) is 0 Å². The van der Waals surface area contributed by atoms with E-state index in [2.05, 4.69) is 10.1 Å². The van der Waals surface area contributed by atoms with Gasteiger partial charge in [-0.3, -0.25) is 4.79 Å². The number of aryl methyl sites for hydroxylation is 3. The third-order valence-electron chi connectivity index (χ3n) is 3.56. The summed E-state index contributed by atoms with van der Waals surface area (Å²) in [5.74, 6) is 0. The molecule has 0 bridgehead atoms. The fourth-order valence-corrected chi connectivity index (χ4v) is 2.50. The molecule has 0 saturated heterocycles. The van der Waals surface area contributed by atoms with Crippen LogP contribution >= 0.6 is 0 Å². The highest BCUT2D eigenvalue weighted by molar-refractivity contribution is 5.50. The Morgan fingerprint density at radius 2 is 2.00 bits per heavy atom. The van der Waals surface area contributed by atoms with Gasteiger partial charge in [-0.1, -0.05) is 0 Å². The molecule has 2 aromatic heterocycles. The zero-order chi connectivity index (χ0) is 11.3. The molecule has 0 unspecified atom stereocenters. The number of rotatable bonds is 0. The van der Waals surface area contributed by atoms with Crippen LogP contribution in [0.25, 0.3) is 5.65 Å². The summed E-state index contributed by atoms with van der Waals surface area (Å²) >= 11 is 0. The highest BCUT2D eigenvalue weighted by Crippen LogP contribution is 2.20. The van der Waals surface area contributed by atoms with Crippen LogP contribution in [0.1, 0.15) is 35.4 Å². The second kappa shape index (κ2) is 3.20. The first-order chi connectivity index (χ1) is 7.68. The summed E-state index contributed by atoms with van der Waals surface area (Å²) < 4.78 is 1.93. The third-order valence-corrected chi connectivity index (χ3v) is 3.56. The summed E-state index contributed by atoms with van der Waals surface area (Å²) in [4.78, 5) is 14.9. The van der Waals surface area contributed by atoms with Crippen molar-refractivity contribution < 1.29 is 0 Å². The number of H-pyrrole nitrogens is 1. The van der Waals surface area contributed by atoms with Crippen molar-refractivity contribution in [2.45, 2.75) is 39.5 Å². The maximum absolute atomic E-state index is 11.9. The Kier molecular flexibility index (Phi) is 1.93. The van der Waals surface area contributed by atoms with E-state index in [1.54, 1.807) is 0 Å². The van der Waals surface area contributed by atoms with Crippen LogP contribution in [0.3, 0.4) is 0 Å². The summed E-state index contributed by atoms with van der Waals surface area (Å²) in [5.41, 5.74) is 5.05. The Morgan fingerprint density at radius 1 is 1.25 bits per heavy atom. The van der Waals surface area contributed by atoms with E-state index >= 15 is 0 Å². The minimum Gasteiger partial charge on any atom is -0.306 e. The number of fused-ring (bicyclic) bond motifs is 3. The van der Waals surface area contributed by atoms with Gasteiger partial charge < -0.3 is 4.98 Å². The van der Waals surface area contributed by atoms with Crippen LogP contribution in [0.15, 0.2) is 4.79 Å². The van der Waals surface area contributed by atoms with Crippen LogP contribution < -0.4 is 5.56 Å². The van der Waals surface area contributed by atoms with Crippen molar-refractivity contribution in [1.29, 1.82) is 0 Å². The molecule has 84 valence electrons. The summed E-state index contributed by atoms with van der Waals surface area (Å²) in [5, 5.41) is 4.51. The van der Waals surface area contributed by atoms with Gasteiger partial charge in [0.2, 0.25) is 0 Å². The Labute approximate surface area is 93.3 Å². The molecule has 4 heteroatoms. The summed E-state index contributed by atoms with van der Waals surface area (Å²) in [6, 6.07) is 0. The average Bonchev–Trinajstić information content (AvgIpc) is 2.57. The largest absolute Gasteiger partial charge is 0.306 e. The zero-order valence-electron chi connectivity index (χ0n) is 9.63. The highest BCUT2D eigenvalue weighted by atomic mass is 16.1. The molecule has 0 radical (unpaired) electrons. The van der Waals surface area contributed by atoms with Crippen LogP contribution in [0.4, 0.5) is 0 Å². The van der Waals surface area contributed by atoms with E-state index in [0.29, 0.717) is 0 Å². The van der Waals surface area contributed by atoms with E-state index < -0.39 is 0 Å². The molecule has 0 saturated carbocycles. The lowest BCUT2D eigenvalue weighted by Gasteiger charge is -2.15. The van der Waals surface area contributed by atoms with Gasteiger partial charge in [0.15, 0.2) is 0 Å². The first-order valence-corrected chi connectivity index (χ1v) is 5.78. The lowest BCUT2D eigenvalue weighted by atomic mass is 9.97. The van der Waals surface area contributed by atoms with E-state index in [9.17, 15) is 4.79 Å². The molecule has 1 N–H and O–H groups in total. The normalized spacial score (nSPS) is 15.4. The predicted octanol–water partition coefficient (Wildman–Crippen LogP) is 1.52. The molecule has 3 rings (SSSR count). The number of hydrogen-bond donors (Lipinski definition) is 1. The summed E-state index contributed by atoms with van der Waals surface area (Å²) in [6.07, 6.45) is 4.12. The van der Waals surface area contributed by atoms with Gasteiger partial charge in [-0.05, 0) is 39.5 Å². The molecule has 0 aliphatic heterocycles. The van der Waals surface area contributed by atoms with Gasteiger partial charge in [0.05, 0.1) is 11.4 Å². The lowest BCUT2D eigenvalue weighted by molar-refractivity contribution is 0.634. The molecule has 1 aliphatic carbocycles. The van der Waals surface area contributed by atoms with Gasteiger partial charge >= 0.3 is 0 Å². The first-order valence-electron chi connectivity index (χ1n) is 5.78. The number of nitrogens with one attached hydrogen (secondary N) is 1. The molecule has 4 nitrogen and oxygen atoms in total. The second-order valence-corrected chi connectivity index (χ2v) is 4.56. The van der Waals surface area contributed by atoms with Gasteiger partial charge in [-0.25, -0.2) is 4.52 Å². The summed E-state index contributed by atoms with van der Waals surface area (Å²) in [6.45, 7) is 3.98. The van der Waals surface area contributed by atoms with Crippen molar-refractivity contribution in [1.82, 2.24) is 14.6 Å². The van der Waals surface area contributed by atoms with Gasteiger partial charge in [0.25, 0.3) is 5.56 Å². The van der Waals surface area contributed by atoms with Crippen molar-refractivity contribution in [3.05, 3.63) is 32.9 Å². The molecule has 0 spiro atoms. The Bertz CT molecular complexity index is 621. The van der Waals surface area contributed by atoms with Crippen LogP contribution in [0.5, 0.6) is 0 Å². The predicted molar refractivity (Wildman–Crippen MR) is 61.9 cm³/mol. The molecule has 0 amide bonds. The van der Waals surface area contributed by atoms with Crippen LogP contribution in [0, 0.1) is 13.8 Å². The molecule has 0 fully saturated rings. The Balaban J connectivity index is 2.46. The van der Waals surface area contributed by atoms with Gasteiger partial charge in [0.1, 0.15) is 5.65 Å². The standard InChI is InChI=1S/C12H15N3O/c1-7-8(2)14-15-10-6-4-3-5-9(10)12(16)13-11(7)15/h3-6H2,1-2H3,(H,13,16). The van der Waals surface area contributed by atoms with Gasteiger partial charge in [-0.2, -0.15) is 5.10 Å². The monoisotopic (exact) mass is 217 g/mol. The van der Waals surface area contributed by atoms with Crippen LogP contribution in [-0.4, -0.2) is 14.6 Å². The van der Waals surface area contributed by atoms with Crippen LogP contribution in [0.2, 0.25) is 0 Å². The maximum atomic E-state index is 11.9. The van der Waals surface area contributed by atoms with E-state index in [0.717, 1.165) is 53.8 Å². The fourth-order valence-electron chi connectivity index (χ4n) is 2.50. The lowest BCUT2D eigenvalue weighted by Crippen LogP contribution is -2.23. The van der Waals surface area contributed by atoms with Crippen molar-refractivity contribution in [2.75, 3.05) is 0 Å².